The SMILES string of the molecule is CCC1(C(=O)N2CCOCC2(C)C)CCCN1. The van der Waals surface area contributed by atoms with Crippen molar-refractivity contribution >= 4 is 5.91 Å². The summed E-state index contributed by atoms with van der Waals surface area (Å²) in [6.45, 7) is 9.25. The molecule has 0 saturated carbocycles. The molecule has 1 amide bonds. The maximum atomic E-state index is 12.8. The predicted molar refractivity (Wildman–Crippen MR) is 66.9 cm³/mol. The van der Waals surface area contributed by atoms with E-state index in [1.807, 2.05) is 4.90 Å². The van der Waals surface area contributed by atoms with Crippen LogP contribution in [0.1, 0.15) is 40.0 Å². The van der Waals surface area contributed by atoms with E-state index in [1.54, 1.807) is 0 Å². The second-order valence-corrected chi connectivity index (χ2v) is 5.79. The van der Waals surface area contributed by atoms with Crippen molar-refractivity contribution in [3.05, 3.63) is 0 Å². The van der Waals surface area contributed by atoms with Gasteiger partial charge in [0.1, 0.15) is 0 Å². The molecule has 4 nitrogen and oxygen atoms in total. The van der Waals surface area contributed by atoms with Gasteiger partial charge in [-0.15, -0.1) is 0 Å². The fourth-order valence-corrected chi connectivity index (χ4v) is 2.93. The Bertz CT molecular complexity index is 296. The third-order valence-electron chi connectivity index (χ3n) is 4.15. The normalized spacial score (nSPS) is 32.8. The van der Waals surface area contributed by atoms with Crippen LogP contribution in [0, 0.1) is 0 Å². The molecule has 0 radical (unpaired) electrons. The van der Waals surface area contributed by atoms with Crippen LogP contribution in [0.5, 0.6) is 0 Å². The Balaban J connectivity index is 2.17. The minimum absolute atomic E-state index is 0.179. The van der Waals surface area contributed by atoms with Gasteiger partial charge in [0, 0.05) is 6.54 Å². The van der Waals surface area contributed by atoms with Crippen LogP contribution in [0.25, 0.3) is 0 Å². The van der Waals surface area contributed by atoms with Gasteiger partial charge in [-0.3, -0.25) is 4.79 Å². The molecule has 2 saturated heterocycles. The van der Waals surface area contributed by atoms with E-state index in [0.717, 1.165) is 32.4 Å². The van der Waals surface area contributed by atoms with Gasteiger partial charge in [-0.2, -0.15) is 0 Å². The molecule has 0 aliphatic carbocycles. The first-order chi connectivity index (χ1) is 8.02. The minimum atomic E-state index is -0.311. The first kappa shape index (κ1) is 12.8. The van der Waals surface area contributed by atoms with Crippen molar-refractivity contribution in [3.8, 4) is 0 Å². The average Bonchev–Trinajstić information content (AvgIpc) is 2.77. The molecule has 4 heteroatoms. The molecule has 2 aliphatic heterocycles. The molecular formula is C13H24N2O2. The van der Waals surface area contributed by atoms with Gasteiger partial charge in [0.25, 0.3) is 0 Å². The lowest BCUT2D eigenvalue weighted by Crippen LogP contribution is -2.63. The summed E-state index contributed by atoms with van der Waals surface area (Å²) in [6.07, 6.45) is 2.94. The number of hydrogen-bond acceptors (Lipinski definition) is 3. The first-order valence-electron chi connectivity index (χ1n) is 6.67. The molecule has 0 aromatic heterocycles. The highest BCUT2D eigenvalue weighted by Gasteiger charge is 2.46. The van der Waals surface area contributed by atoms with Crippen molar-refractivity contribution in [2.75, 3.05) is 26.3 Å². The summed E-state index contributed by atoms with van der Waals surface area (Å²) in [5, 5.41) is 3.42. The lowest BCUT2D eigenvalue weighted by molar-refractivity contribution is -0.153. The molecule has 1 unspecified atom stereocenters. The van der Waals surface area contributed by atoms with Crippen molar-refractivity contribution in [2.24, 2.45) is 0 Å². The molecule has 1 N–H and O–H groups in total. The molecular weight excluding hydrogens is 216 g/mol. The van der Waals surface area contributed by atoms with Gasteiger partial charge in [-0.1, -0.05) is 6.92 Å². The van der Waals surface area contributed by atoms with Crippen LogP contribution < -0.4 is 5.32 Å². The lowest BCUT2D eigenvalue weighted by Gasteiger charge is -2.46. The number of rotatable bonds is 2. The van der Waals surface area contributed by atoms with E-state index in [2.05, 4.69) is 26.1 Å². The number of ether oxygens (including phenoxy) is 1. The Kier molecular flexibility index (Phi) is 3.46. The summed E-state index contributed by atoms with van der Waals surface area (Å²) in [6, 6.07) is 0. The van der Waals surface area contributed by atoms with E-state index < -0.39 is 0 Å². The molecule has 0 aromatic carbocycles. The number of amides is 1. The topological polar surface area (TPSA) is 41.6 Å². The molecule has 2 heterocycles. The largest absolute Gasteiger partial charge is 0.377 e. The monoisotopic (exact) mass is 240 g/mol. The van der Waals surface area contributed by atoms with E-state index in [1.165, 1.54) is 0 Å². The fraction of sp³-hybridized carbons (Fsp3) is 0.923. The summed E-state index contributed by atoms with van der Waals surface area (Å²) in [5.41, 5.74) is -0.490. The molecule has 0 spiro atoms. The van der Waals surface area contributed by atoms with Gasteiger partial charge in [-0.25, -0.2) is 0 Å². The molecule has 1 atom stereocenters. The van der Waals surface area contributed by atoms with Gasteiger partial charge < -0.3 is 15.0 Å². The Morgan fingerprint density at radius 1 is 1.47 bits per heavy atom. The molecule has 0 aromatic rings. The highest BCUT2D eigenvalue weighted by molar-refractivity contribution is 5.87. The van der Waals surface area contributed by atoms with Crippen LogP contribution in [-0.2, 0) is 9.53 Å². The average molecular weight is 240 g/mol. The van der Waals surface area contributed by atoms with Crippen molar-refractivity contribution in [2.45, 2.75) is 51.1 Å². The van der Waals surface area contributed by atoms with Crippen molar-refractivity contribution < 1.29 is 9.53 Å². The number of nitrogens with zero attached hydrogens (tertiary/aromatic N) is 1. The molecule has 98 valence electrons. The molecule has 2 fully saturated rings. The Morgan fingerprint density at radius 3 is 2.76 bits per heavy atom. The number of carbonyl (C=O) groups excluding carboxylic acids is 1. The zero-order valence-electron chi connectivity index (χ0n) is 11.2. The molecule has 2 rings (SSSR count). The molecule has 0 bridgehead atoms. The van der Waals surface area contributed by atoms with Crippen LogP contribution >= 0.6 is 0 Å². The predicted octanol–water partition coefficient (Wildman–Crippen LogP) is 1.16. The highest BCUT2D eigenvalue weighted by Crippen LogP contribution is 2.30. The molecule has 2 aliphatic rings. The fourth-order valence-electron chi connectivity index (χ4n) is 2.93. The summed E-state index contributed by atoms with van der Waals surface area (Å²) in [7, 11) is 0. The highest BCUT2D eigenvalue weighted by atomic mass is 16.5. The van der Waals surface area contributed by atoms with Gasteiger partial charge in [0.15, 0.2) is 0 Å². The zero-order chi connectivity index (χ0) is 12.5. The second kappa shape index (κ2) is 4.58. The van der Waals surface area contributed by atoms with Gasteiger partial charge in [0.05, 0.1) is 24.3 Å². The first-order valence-corrected chi connectivity index (χ1v) is 6.67. The number of hydrogen-bond donors (Lipinski definition) is 1. The number of carbonyl (C=O) groups is 1. The van der Waals surface area contributed by atoms with Crippen LogP contribution in [0.15, 0.2) is 0 Å². The van der Waals surface area contributed by atoms with Crippen molar-refractivity contribution in [1.29, 1.82) is 0 Å². The van der Waals surface area contributed by atoms with Crippen LogP contribution in [0.3, 0.4) is 0 Å². The van der Waals surface area contributed by atoms with Crippen LogP contribution in [0.2, 0.25) is 0 Å². The van der Waals surface area contributed by atoms with E-state index in [0.29, 0.717) is 13.2 Å². The number of nitrogens with one attached hydrogen (secondary N) is 1. The Hall–Kier alpha value is -0.610. The minimum Gasteiger partial charge on any atom is -0.377 e. The third kappa shape index (κ3) is 2.20. The third-order valence-corrected chi connectivity index (χ3v) is 4.15. The van der Waals surface area contributed by atoms with E-state index in [-0.39, 0.29) is 17.0 Å². The lowest BCUT2D eigenvalue weighted by atomic mass is 9.89. The summed E-state index contributed by atoms with van der Waals surface area (Å²) >= 11 is 0. The van der Waals surface area contributed by atoms with Crippen LogP contribution in [0.4, 0.5) is 0 Å². The molecule has 17 heavy (non-hydrogen) atoms. The Morgan fingerprint density at radius 2 is 2.24 bits per heavy atom. The van der Waals surface area contributed by atoms with E-state index in [9.17, 15) is 4.79 Å². The summed E-state index contributed by atoms with van der Waals surface area (Å²) in [5.74, 6) is 0.269. The van der Waals surface area contributed by atoms with E-state index >= 15 is 0 Å². The second-order valence-electron chi connectivity index (χ2n) is 5.79. The van der Waals surface area contributed by atoms with Gasteiger partial charge in [0.2, 0.25) is 5.91 Å². The quantitative estimate of drug-likeness (QED) is 0.787. The summed E-state index contributed by atoms with van der Waals surface area (Å²) in [4.78, 5) is 14.8. The maximum absolute atomic E-state index is 12.8. The summed E-state index contributed by atoms with van der Waals surface area (Å²) < 4.78 is 5.48. The van der Waals surface area contributed by atoms with Crippen LogP contribution in [-0.4, -0.2) is 48.2 Å². The standard InChI is InChI=1S/C13H24N2O2/c1-4-13(6-5-7-14-13)11(16)15-8-9-17-10-12(15,2)3/h14H,4-10H2,1-3H3. The van der Waals surface area contributed by atoms with E-state index in [4.69, 9.17) is 4.74 Å². The van der Waals surface area contributed by atoms with Gasteiger partial charge >= 0.3 is 0 Å². The Labute approximate surface area is 104 Å². The zero-order valence-corrected chi connectivity index (χ0v) is 11.2. The smallest absolute Gasteiger partial charge is 0.243 e. The maximum Gasteiger partial charge on any atom is 0.243 e. The number of morpholine rings is 1. The van der Waals surface area contributed by atoms with Crippen molar-refractivity contribution in [3.63, 3.8) is 0 Å². The van der Waals surface area contributed by atoms with Gasteiger partial charge in [-0.05, 0) is 39.7 Å². The van der Waals surface area contributed by atoms with Crippen molar-refractivity contribution in [1.82, 2.24) is 10.2 Å².